The van der Waals surface area contributed by atoms with Gasteiger partial charge in [0.25, 0.3) is 0 Å². The van der Waals surface area contributed by atoms with Crippen LogP contribution in [0.15, 0.2) is 36.4 Å². The standard InChI is InChI=1S/C25H29F3N2O5/c1-6-33-22(31)24(4,5)35-21-16(2)13-18(14-17(21)3)15-29-11-12-30(23(29)32)19-7-9-20(10-8-19)34-25(26,27)28/h7-10,13-14H,6,11-12,15H2,1-5H3. The zero-order chi connectivity index (χ0) is 26.0. The van der Waals surface area contributed by atoms with Crippen LogP contribution in [0.4, 0.5) is 23.7 Å². The molecule has 7 nitrogen and oxygen atoms in total. The molecule has 1 aliphatic heterocycles. The Kier molecular flexibility index (Phi) is 7.52. The van der Waals surface area contributed by atoms with Crippen LogP contribution in [0, 0.1) is 13.8 Å². The summed E-state index contributed by atoms with van der Waals surface area (Å²) in [6.07, 6.45) is -4.77. The average molecular weight is 495 g/mol. The van der Waals surface area contributed by atoms with Crippen LogP contribution in [0.3, 0.4) is 0 Å². The number of rotatable bonds is 8. The molecule has 0 aromatic heterocycles. The molecule has 3 rings (SSSR count). The zero-order valence-corrected chi connectivity index (χ0v) is 20.4. The van der Waals surface area contributed by atoms with Crippen LogP contribution in [0.1, 0.15) is 37.5 Å². The summed E-state index contributed by atoms with van der Waals surface area (Å²) in [4.78, 5) is 28.3. The molecule has 190 valence electrons. The van der Waals surface area contributed by atoms with Crippen molar-refractivity contribution >= 4 is 17.7 Å². The van der Waals surface area contributed by atoms with Crippen molar-refractivity contribution in [2.75, 3.05) is 24.6 Å². The number of ether oxygens (including phenoxy) is 3. The molecule has 0 bridgehead atoms. The summed E-state index contributed by atoms with van der Waals surface area (Å²) in [5, 5.41) is 0. The van der Waals surface area contributed by atoms with Crippen molar-refractivity contribution in [2.24, 2.45) is 0 Å². The molecule has 1 saturated heterocycles. The van der Waals surface area contributed by atoms with Gasteiger partial charge in [-0.25, -0.2) is 9.59 Å². The number of amides is 2. The maximum Gasteiger partial charge on any atom is 0.573 e. The smallest absolute Gasteiger partial charge is 0.476 e. The summed E-state index contributed by atoms with van der Waals surface area (Å²) in [6.45, 7) is 10.3. The van der Waals surface area contributed by atoms with Gasteiger partial charge >= 0.3 is 18.4 Å². The molecule has 35 heavy (non-hydrogen) atoms. The number of hydrogen-bond donors (Lipinski definition) is 0. The fraction of sp³-hybridized carbons (Fsp3) is 0.440. The number of hydrogen-bond acceptors (Lipinski definition) is 5. The summed E-state index contributed by atoms with van der Waals surface area (Å²) >= 11 is 0. The van der Waals surface area contributed by atoms with Gasteiger partial charge in [-0.05, 0) is 75.6 Å². The molecule has 2 aromatic carbocycles. The molecular formula is C25H29F3N2O5. The van der Waals surface area contributed by atoms with E-state index in [9.17, 15) is 22.8 Å². The lowest BCUT2D eigenvalue weighted by atomic mass is 10.0. The van der Waals surface area contributed by atoms with Crippen molar-refractivity contribution < 1.29 is 37.0 Å². The van der Waals surface area contributed by atoms with Gasteiger partial charge in [0.15, 0.2) is 5.60 Å². The highest BCUT2D eigenvalue weighted by Gasteiger charge is 2.34. The van der Waals surface area contributed by atoms with Gasteiger partial charge in [0, 0.05) is 25.3 Å². The summed E-state index contributed by atoms with van der Waals surface area (Å²) in [5.41, 5.74) is 1.87. The fourth-order valence-corrected chi connectivity index (χ4v) is 3.91. The summed E-state index contributed by atoms with van der Waals surface area (Å²) in [6, 6.07) is 8.78. The maximum atomic E-state index is 12.9. The number of benzene rings is 2. The van der Waals surface area contributed by atoms with Gasteiger partial charge in [-0.1, -0.05) is 12.1 Å². The van der Waals surface area contributed by atoms with E-state index in [0.29, 0.717) is 31.1 Å². The molecule has 10 heteroatoms. The third kappa shape index (κ3) is 6.37. The van der Waals surface area contributed by atoms with Crippen molar-refractivity contribution in [2.45, 2.75) is 53.1 Å². The van der Waals surface area contributed by atoms with E-state index in [0.717, 1.165) is 16.7 Å². The van der Waals surface area contributed by atoms with Crippen LogP contribution < -0.4 is 14.4 Å². The van der Waals surface area contributed by atoms with Crippen molar-refractivity contribution in [3.05, 3.63) is 53.1 Å². The average Bonchev–Trinajstić information content (AvgIpc) is 3.10. The normalized spacial score (nSPS) is 14.3. The molecule has 0 unspecified atom stereocenters. The topological polar surface area (TPSA) is 68.3 Å². The van der Waals surface area contributed by atoms with Gasteiger partial charge in [0.1, 0.15) is 11.5 Å². The van der Waals surface area contributed by atoms with E-state index >= 15 is 0 Å². The van der Waals surface area contributed by atoms with E-state index in [1.54, 1.807) is 25.7 Å². The van der Waals surface area contributed by atoms with E-state index in [-0.39, 0.29) is 18.4 Å². The molecular weight excluding hydrogens is 465 g/mol. The lowest BCUT2D eigenvalue weighted by molar-refractivity contribution is -0.274. The Morgan fingerprint density at radius 1 is 1.00 bits per heavy atom. The number of urea groups is 1. The number of carbonyl (C=O) groups is 2. The number of halogens is 3. The molecule has 0 saturated carbocycles. The van der Waals surface area contributed by atoms with Crippen LogP contribution in [0.5, 0.6) is 11.5 Å². The van der Waals surface area contributed by atoms with Crippen molar-refractivity contribution in [1.82, 2.24) is 4.90 Å². The highest BCUT2D eigenvalue weighted by atomic mass is 19.4. The number of nitrogens with zero attached hydrogens (tertiary/aromatic N) is 2. The van der Waals surface area contributed by atoms with Crippen molar-refractivity contribution in [3.8, 4) is 11.5 Å². The maximum absolute atomic E-state index is 12.9. The molecule has 2 aromatic rings. The Labute approximate surface area is 202 Å². The molecule has 0 radical (unpaired) electrons. The van der Waals surface area contributed by atoms with Gasteiger partial charge in [0.05, 0.1) is 6.61 Å². The van der Waals surface area contributed by atoms with Crippen molar-refractivity contribution in [1.29, 1.82) is 0 Å². The molecule has 2 amide bonds. The summed E-state index contributed by atoms with van der Waals surface area (Å²) in [7, 11) is 0. The van der Waals surface area contributed by atoms with Crippen LogP contribution in [-0.4, -0.2) is 48.6 Å². The lowest BCUT2D eigenvalue weighted by Crippen LogP contribution is -2.40. The van der Waals surface area contributed by atoms with Crippen LogP contribution in [0.25, 0.3) is 0 Å². The highest BCUT2D eigenvalue weighted by Crippen LogP contribution is 2.31. The highest BCUT2D eigenvalue weighted by molar-refractivity contribution is 5.94. The van der Waals surface area contributed by atoms with Gasteiger partial charge < -0.3 is 19.1 Å². The summed E-state index contributed by atoms with van der Waals surface area (Å²) < 4.78 is 52.1. The monoisotopic (exact) mass is 494 g/mol. The summed E-state index contributed by atoms with van der Waals surface area (Å²) in [5.74, 6) is -0.213. The van der Waals surface area contributed by atoms with Gasteiger partial charge in [-0.3, -0.25) is 4.90 Å². The van der Waals surface area contributed by atoms with Gasteiger partial charge in [-0.15, -0.1) is 13.2 Å². The molecule has 1 heterocycles. The van der Waals surface area contributed by atoms with Crippen molar-refractivity contribution in [3.63, 3.8) is 0 Å². The lowest BCUT2D eigenvalue weighted by Gasteiger charge is -2.27. The number of carbonyl (C=O) groups excluding carboxylic acids is 2. The van der Waals surface area contributed by atoms with Gasteiger partial charge in [0.2, 0.25) is 0 Å². The minimum atomic E-state index is -4.77. The number of anilines is 1. The predicted molar refractivity (Wildman–Crippen MR) is 124 cm³/mol. The van der Waals surface area contributed by atoms with Crippen LogP contribution >= 0.6 is 0 Å². The van der Waals surface area contributed by atoms with E-state index in [2.05, 4.69) is 4.74 Å². The molecule has 0 spiro atoms. The number of esters is 1. The second-order valence-corrected chi connectivity index (χ2v) is 8.79. The first-order valence-electron chi connectivity index (χ1n) is 11.2. The number of aryl methyl sites for hydroxylation is 2. The zero-order valence-electron chi connectivity index (χ0n) is 20.4. The minimum absolute atomic E-state index is 0.242. The first-order chi connectivity index (χ1) is 16.3. The minimum Gasteiger partial charge on any atom is -0.476 e. The Hall–Kier alpha value is -3.43. The van der Waals surface area contributed by atoms with Crippen LogP contribution in [-0.2, 0) is 16.1 Å². The predicted octanol–water partition coefficient (Wildman–Crippen LogP) is 5.36. The third-order valence-electron chi connectivity index (χ3n) is 5.49. The SMILES string of the molecule is CCOC(=O)C(C)(C)Oc1c(C)cc(CN2CCN(c3ccc(OC(F)(F)F)cc3)C2=O)cc1C. The first kappa shape index (κ1) is 26.2. The van der Waals surface area contributed by atoms with E-state index in [4.69, 9.17) is 9.47 Å². The molecule has 0 atom stereocenters. The Morgan fingerprint density at radius 2 is 1.60 bits per heavy atom. The molecule has 0 N–H and O–H groups in total. The first-order valence-corrected chi connectivity index (χ1v) is 11.2. The second kappa shape index (κ2) is 10.1. The largest absolute Gasteiger partial charge is 0.573 e. The molecule has 1 fully saturated rings. The van der Waals surface area contributed by atoms with E-state index in [1.807, 2.05) is 26.0 Å². The quantitative estimate of drug-likeness (QED) is 0.462. The fourth-order valence-electron chi connectivity index (χ4n) is 3.91. The second-order valence-electron chi connectivity index (χ2n) is 8.79. The van der Waals surface area contributed by atoms with Crippen LogP contribution in [0.2, 0.25) is 0 Å². The van der Waals surface area contributed by atoms with E-state index < -0.39 is 17.9 Å². The third-order valence-corrected chi connectivity index (χ3v) is 5.49. The molecule has 1 aliphatic rings. The Morgan fingerprint density at radius 3 is 2.14 bits per heavy atom. The van der Waals surface area contributed by atoms with Gasteiger partial charge in [-0.2, -0.15) is 0 Å². The molecule has 0 aliphatic carbocycles. The van der Waals surface area contributed by atoms with E-state index in [1.165, 1.54) is 29.2 Å². The number of alkyl halides is 3. The Balaban J connectivity index is 1.69. The Bertz CT molecular complexity index is 1060.